The average molecular weight is 250 g/mol. The van der Waals surface area contributed by atoms with Crippen LogP contribution in [0.25, 0.3) is 0 Å². The van der Waals surface area contributed by atoms with Gasteiger partial charge in [0.25, 0.3) is 0 Å². The molecular weight excluding hydrogens is 226 g/mol. The van der Waals surface area contributed by atoms with Crippen LogP contribution in [0.1, 0.15) is 41.0 Å². The summed E-state index contributed by atoms with van der Waals surface area (Å²) in [6, 6.07) is 0. The second kappa shape index (κ2) is 4.79. The van der Waals surface area contributed by atoms with Crippen LogP contribution in [0.3, 0.4) is 0 Å². The van der Waals surface area contributed by atoms with Crippen molar-refractivity contribution in [1.82, 2.24) is 4.90 Å². The highest BCUT2D eigenvalue weighted by atomic mass is 79.9. The molecule has 0 bridgehead atoms. The molecule has 0 fully saturated rings. The Balaban J connectivity index is 3.95. The van der Waals surface area contributed by atoms with Gasteiger partial charge in [0.05, 0.1) is 0 Å². The molecule has 0 radical (unpaired) electrons. The predicted molar refractivity (Wildman–Crippen MR) is 64.6 cm³/mol. The SMILES string of the molecule is CN(CCC(C)(C)C)C(C)(C)CBr. The molecule has 0 spiro atoms. The van der Waals surface area contributed by atoms with E-state index in [0.717, 1.165) is 5.33 Å². The van der Waals surface area contributed by atoms with Crippen LogP contribution in [0, 0.1) is 5.41 Å². The van der Waals surface area contributed by atoms with Crippen LogP contribution in [0.2, 0.25) is 0 Å². The minimum Gasteiger partial charge on any atom is -0.300 e. The minimum atomic E-state index is 0.269. The summed E-state index contributed by atoms with van der Waals surface area (Å²) < 4.78 is 0. The standard InChI is InChI=1S/C11H24BrN/c1-10(2,3)7-8-13(6)11(4,5)9-12/h7-9H2,1-6H3. The number of alkyl halides is 1. The van der Waals surface area contributed by atoms with E-state index in [1.54, 1.807) is 0 Å². The first-order chi connectivity index (χ1) is 5.69. The third-order valence-electron chi connectivity index (χ3n) is 2.56. The molecular formula is C11H24BrN. The van der Waals surface area contributed by atoms with Gasteiger partial charge in [0.1, 0.15) is 0 Å². The lowest BCUT2D eigenvalue weighted by Crippen LogP contribution is -2.43. The number of rotatable bonds is 4. The Labute approximate surface area is 92.0 Å². The van der Waals surface area contributed by atoms with Crippen LogP contribution in [0.5, 0.6) is 0 Å². The van der Waals surface area contributed by atoms with E-state index in [1.165, 1.54) is 13.0 Å². The zero-order chi connectivity index (χ0) is 10.7. The molecule has 1 nitrogen and oxygen atoms in total. The van der Waals surface area contributed by atoms with Crippen LogP contribution >= 0.6 is 15.9 Å². The normalized spacial score (nSPS) is 13.8. The fourth-order valence-electron chi connectivity index (χ4n) is 0.908. The fourth-order valence-corrected chi connectivity index (χ4v) is 1.34. The van der Waals surface area contributed by atoms with Crippen LogP contribution < -0.4 is 0 Å². The summed E-state index contributed by atoms with van der Waals surface area (Å²) in [7, 11) is 2.20. The van der Waals surface area contributed by atoms with Crippen molar-refractivity contribution >= 4 is 15.9 Å². The molecule has 0 atom stereocenters. The Morgan fingerprint density at radius 3 is 1.85 bits per heavy atom. The van der Waals surface area contributed by atoms with Gasteiger partial charge in [-0.2, -0.15) is 0 Å². The van der Waals surface area contributed by atoms with Crippen LogP contribution in [0.4, 0.5) is 0 Å². The highest BCUT2D eigenvalue weighted by Crippen LogP contribution is 2.22. The van der Waals surface area contributed by atoms with E-state index in [2.05, 4.69) is 62.5 Å². The van der Waals surface area contributed by atoms with Gasteiger partial charge in [-0.25, -0.2) is 0 Å². The van der Waals surface area contributed by atoms with Crippen molar-refractivity contribution in [3.05, 3.63) is 0 Å². The average Bonchev–Trinajstić information content (AvgIpc) is 1.98. The largest absolute Gasteiger partial charge is 0.300 e. The third-order valence-corrected chi connectivity index (χ3v) is 3.93. The molecule has 13 heavy (non-hydrogen) atoms. The highest BCUT2D eigenvalue weighted by molar-refractivity contribution is 9.09. The molecule has 0 aliphatic rings. The van der Waals surface area contributed by atoms with E-state index in [1.807, 2.05) is 0 Å². The van der Waals surface area contributed by atoms with E-state index in [4.69, 9.17) is 0 Å². The summed E-state index contributed by atoms with van der Waals surface area (Å²) in [5, 5.41) is 1.03. The summed E-state index contributed by atoms with van der Waals surface area (Å²) in [4.78, 5) is 2.42. The molecule has 0 aromatic heterocycles. The second-order valence-corrected chi connectivity index (χ2v) is 6.24. The van der Waals surface area contributed by atoms with Crippen molar-refractivity contribution in [3.63, 3.8) is 0 Å². The third kappa shape index (κ3) is 5.69. The first-order valence-corrected chi connectivity index (χ1v) is 6.08. The Bertz CT molecular complexity index is 147. The smallest absolute Gasteiger partial charge is 0.0246 e. The summed E-state index contributed by atoms with van der Waals surface area (Å²) in [5.41, 5.74) is 0.710. The van der Waals surface area contributed by atoms with Crippen molar-refractivity contribution in [1.29, 1.82) is 0 Å². The van der Waals surface area contributed by atoms with Crippen molar-refractivity contribution < 1.29 is 0 Å². The van der Waals surface area contributed by atoms with E-state index < -0.39 is 0 Å². The van der Waals surface area contributed by atoms with Gasteiger partial charge in [-0.3, -0.25) is 0 Å². The lowest BCUT2D eigenvalue weighted by Gasteiger charge is -2.35. The lowest BCUT2D eigenvalue weighted by molar-refractivity contribution is 0.158. The first-order valence-electron chi connectivity index (χ1n) is 4.96. The monoisotopic (exact) mass is 249 g/mol. The zero-order valence-electron chi connectivity index (χ0n) is 9.95. The maximum absolute atomic E-state index is 3.55. The molecule has 0 aromatic carbocycles. The van der Waals surface area contributed by atoms with Crippen molar-refractivity contribution in [3.8, 4) is 0 Å². The maximum Gasteiger partial charge on any atom is 0.0246 e. The fraction of sp³-hybridized carbons (Fsp3) is 1.00. The summed E-state index contributed by atoms with van der Waals surface area (Å²) in [6.07, 6.45) is 1.25. The molecule has 0 aliphatic heterocycles. The van der Waals surface area contributed by atoms with Crippen molar-refractivity contribution in [2.75, 3.05) is 18.9 Å². The topological polar surface area (TPSA) is 3.24 Å². The molecule has 2 heteroatoms. The molecule has 80 valence electrons. The molecule has 0 saturated heterocycles. The van der Waals surface area contributed by atoms with E-state index >= 15 is 0 Å². The predicted octanol–water partition coefficient (Wildman–Crippen LogP) is 3.53. The summed E-state index contributed by atoms with van der Waals surface area (Å²) >= 11 is 3.55. The van der Waals surface area contributed by atoms with E-state index in [-0.39, 0.29) is 5.54 Å². The zero-order valence-corrected chi connectivity index (χ0v) is 11.5. The Morgan fingerprint density at radius 1 is 1.08 bits per heavy atom. The Hall–Kier alpha value is 0.440. The number of hydrogen-bond donors (Lipinski definition) is 0. The molecule has 0 rings (SSSR count). The van der Waals surface area contributed by atoms with E-state index in [0.29, 0.717) is 5.41 Å². The first kappa shape index (κ1) is 13.4. The van der Waals surface area contributed by atoms with Crippen molar-refractivity contribution in [2.24, 2.45) is 5.41 Å². The highest BCUT2D eigenvalue weighted by Gasteiger charge is 2.23. The van der Waals surface area contributed by atoms with Gasteiger partial charge in [-0.05, 0) is 39.3 Å². The lowest BCUT2D eigenvalue weighted by atomic mass is 9.91. The van der Waals surface area contributed by atoms with Crippen molar-refractivity contribution in [2.45, 2.75) is 46.6 Å². The van der Waals surface area contributed by atoms with Gasteiger partial charge in [-0.15, -0.1) is 0 Å². The molecule has 0 saturated carbocycles. The molecule has 0 aliphatic carbocycles. The minimum absolute atomic E-state index is 0.269. The number of hydrogen-bond acceptors (Lipinski definition) is 1. The van der Waals surface area contributed by atoms with Gasteiger partial charge < -0.3 is 4.90 Å². The quantitative estimate of drug-likeness (QED) is 0.690. The van der Waals surface area contributed by atoms with Gasteiger partial charge in [0, 0.05) is 10.9 Å². The molecule has 0 N–H and O–H groups in total. The molecule has 0 amide bonds. The number of nitrogens with zero attached hydrogens (tertiary/aromatic N) is 1. The number of halogens is 1. The van der Waals surface area contributed by atoms with Crippen LogP contribution in [0.15, 0.2) is 0 Å². The van der Waals surface area contributed by atoms with Crippen LogP contribution in [-0.2, 0) is 0 Å². The Kier molecular flexibility index (Phi) is 4.95. The van der Waals surface area contributed by atoms with E-state index in [9.17, 15) is 0 Å². The van der Waals surface area contributed by atoms with Gasteiger partial charge in [0.15, 0.2) is 0 Å². The Morgan fingerprint density at radius 2 is 1.54 bits per heavy atom. The summed E-state index contributed by atoms with van der Waals surface area (Å²) in [6.45, 7) is 12.6. The second-order valence-electron chi connectivity index (χ2n) is 5.68. The molecule has 0 unspecified atom stereocenters. The molecule has 0 heterocycles. The van der Waals surface area contributed by atoms with Gasteiger partial charge >= 0.3 is 0 Å². The maximum atomic E-state index is 3.55. The van der Waals surface area contributed by atoms with Gasteiger partial charge in [-0.1, -0.05) is 36.7 Å². The van der Waals surface area contributed by atoms with Crippen LogP contribution in [-0.4, -0.2) is 29.4 Å². The van der Waals surface area contributed by atoms with Gasteiger partial charge in [0.2, 0.25) is 0 Å². The molecule has 0 aromatic rings. The summed E-state index contributed by atoms with van der Waals surface area (Å²) in [5.74, 6) is 0.